The van der Waals surface area contributed by atoms with Gasteiger partial charge in [-0.3, -0.25) is 9.36 Å². The van der Waals surface area contributed by atoms with E-state index in [4.69, 9.17) is 4.74 Å². The second kappa shape index (κ2) is 3.53. The molecule has 0 saturated carbocycles. The average Bonchev–Trinajstić information content (AvgIpc) is 2.72. The number of hydrogen-bond donors (Lipinski definition) is 0. The van der Waals surface area contributed by atoms with Crippen molar-refractivity contribution < 1.29 is 4.74 Å². The van der Waals surface area contributed by atoms with Crippen LogP contribution in [0.1, 0.15) is 5.56 Å². The molecule has 5 nitrogen and oxygen atoms in total. The van der Waals surface area contributed by atoms with E-state index in [1.807, 2.05) is 26.5 Å². The molecule has 0 N–H and O–H groups in total. The first-order valence-electron chi connectivity index (χ1n) is 4.33. The minimum Gasteiger partial charge on any atom is -0.485 e. The molecule has 0 atom stereocenters. The number of hydrogen-bond acceptors (Lipinski definition) is 3. The zero-order chi connectivity index (χ0) is 9.97. The maximum absolute atomic E-state index is 5.49. The summed E-state index contributed by atoms with van der Waals surface area (Å²) in [6, 6.07) is 0. The highest BCUT2D eigenvalue weighted by atomic mass is 16.5. The Morgan fingerprint density at radius 2 is 1.86 bits per heavy atom. The van der Waals surface area contributed by atoms with Crippen molar-refractivity contribution >= 4 is 0 Å². The fourth-order valence-corrected chi connectivity index (χ4v) is 1.19. The molecule has 14 heavy (non-hydrogen) atoms. The molecule has 0 unspecified atom stereocenters. The van der Waals surface area contributed by atoms with Gasteiger partial charge in [-0.05, 0) is 0 Å². The smallest absolute Gasteiger partial charge is 0.157 e. The third kappa shape index (κ3) is 1.93. The summed E-state index contributed by atoms with van der Waals surface area (Å²) in [6.45, 7) is 0.527. The van der Waals surface area contributed by atoms with Crippen molar-refractivity contribution in [1.29, 1.82) is 0 Å². The minimum absolute atomic E-state index is 0.527. The predicted molar refractivity (Wildman–Crippen MR) is 50.7 cm³/mol. The molecule has 5 heteroatoms. The molecule has 2 heterocycles. The molecule has 0 saturated heterocycles. The van der Waals surface area contributed by atoms with E-state index in [-0.39, 0.29) is 0 Å². The zero-order valence-corrected chi connectivity index (χ0v) is 8.21. The Balaban J connectivity index is 1.94. The molecule has 2 aromatic rings. The average molecular weight is 192 g/mol. The van der Waals surface area contributed by atoms with Crippen LogP contribution in [0.4, 0.5) is 0 Å². The highest BCUT2D eigenvalue weighted by Gasteiger charge is 1.99. The second-order valence-corrected chi connectivity index (χ2v) is 3.16. The van der Waals surface area contributed by atoms with E-state index >= 15 is 0 Å². The summed E-state index contributed by atoms with van der Waals surface area (Å²) < 4.78 is 8.95. The highest BCUT2D eigenvalue weighted by Crippen LogP contribution is 2.09. The van der Waals surface area contributed by atoms with Gasteiger partial charge in [-0.15, -0.1) is 0 Å². The van der Waals surface area contributed by atoms with E-state index in [0.29, 0.717) is 6.61 Å². The predicted octanol–water partition coefficient (Wildman–Crippen LogP) is 0.733. The second-order valence-electron chi connectivity index (χ2n) is 3.16. The standard InChI is InChI=1S/C9H12N4O/c1-12-5-8(3-10-12)7-14-9-4-11-13(2)6-9/h3-6H,7H2,1-2H3. The van der Waals surface area contributed by atoms with Crippen LogP contribution >= 0.6 is 0 Å². The summed E-state index contributed by atoms with van der Waals surface area (Å²) in [5, 5.41) is 8.05. The summed E-state index contributed by atoms with van der Waals surface area (Å²) >= 11 is 0. The van der Waals surface area contributed by atoms with Crippen LogP contribution in [0.2, 0.25) is 0 Å². The van der Waals surface area contributed by atoms with E-state index in [1.165, 1.54) is 0 Å². The molecular formula is C9H12N4O. The van der Waals surface area contributed by atoms with Gasteiger partial charge >= 0.3 is 0 Å². The van der Waals surface area contributed by atoms with Crippen LogP contribution in [0.25, 0.3) is 0 Å². The van der Waals surface area contributed by atoms with Gasteiger partial charge in [0.2, 0.25) is 0 Å². The van der Waals surface area contributed by atoms with Gasteiger partial charge in [-0.1, -0.05) is 0 Å². The quantitative estimate of drug-likeness (QED) is 0.720. The Bertz CT molecular complexity index is 378. The van der Waals surface area contributed by atoms with E-state index in [1.54, 1.807) is 21.8 Å². The SMILES string of the molecule is Cn1cc(COc2cnn(C)c2)cn1. The van der Waals surface area contributed by atoms with Crippen LogP contribution in [0, 0.1) is 0 Å². The highest BCUT2D eigenvalue weighted by molar-refractivity contribution is 5.13. The lowest BCUT2D eigenvalue weighted by Crippen LogP contribution is -1.93. The number of rotatable bonds is 3. The van der Waals surface area contributed by atoms with Crippen LogP contribution in [-0.2, 0) is 20.7 Å². The molecule has 0 spiro atoms. The summed E-state index contributed by atoms with van der Waals surface area (Å²) in [5.74, 6) is 0.774. The van der Waals surface area contributed by atoms with Crippen LogP contribution in [0.5, 0.6) is 5.75 Å². The van der Waals surface area contributed by atoms with Crippen LogP contribution in [0.3, 0.4) is 0 Å². The Kier molecular flexibility index (Phi) is 2.22. The van der Waals surface area contributed by atoms with Crippen molar-refractivity contribution in [1.82, 2.24) is 19.6 Å². The molecule has 0 aromatic carbocycles. The van der Waals surface area contributed by atoms with E-state index in [0.717, 1.165) is 11.3 Å². The van der Waals surface area contributed by atoms with Crippen molar-refractivity contribution in [3.05, 3.63) is 30.4 Å². The van der Waals surface area contributed by atoms with Crippen molar-refractivity contribution in [3.63, 3.8) is 0 Å². The Morgan fingerprint density at radius 3 is 2.43 bits per heavy atom. The summed E-state index contributed by atoms with van der Waals surface area (Å²) in [7, 11) is 3.74. The molecule has 0 fully saturated rings. The lowest BCUT2D eigenvalue weighted by atomic mass is 10.4. The van der Waals surface area contributed by atoms with Gasteiger partial charge in [-0.2, -0.15) is 10.2 Å². The lowest BCUT2D eigenvalue weighted by Gasteiger charge is -1.98. The first kappa shape index (κ1) is 8.80. The first-order valence-corrected chi connectivity index (χ1v) is 4.33. The van der Waals surface area contributed by atoms with Crippen molar-refractivity contribution in [2.75, 3.05) is 0 Å². The van der Waals surface area contributed by atoms with Gasteiger partial charge in [0.05, 0.1) is 18.6 Å². The van der Waals surface area contributed by atoms with E-state index in [2.05, 4.69) is 10.2 Å². The fourth-order valence-electron chi connectivity index (χ4n) is 1.19. The van der Waals surface area contributed by atoms with Gasteiger partial charge < -0.3 is 4.74 Å². The van der Waals surface area contributed by atoms with Gasteiger partial charge in [0.25, 0.3) is 0 Å². The summed E-state index contributed by atoms with van der Waals surface area (Å²) in [5.41, 5.74) is 1.05. The molecular weight excluding hydrogens is 180 g/mol. The van der Waals surface area contributed by atoms with Crippen molar-refractivity contribution in [2.24, 2.45) is 14.1 Å². The molecule has 0 aliphatic carbocycles. The summed E-state index contributed by atoms with van der Waals surface area (Å²) in [4.78, 5) is 0. The van der Waals surface area contributed by atoms with Gasteiger partial charge in [0.1, 0.15) is 6.61 Å². The molecule has 2 rings (SSSR count). The molecule has 0 aliphatic heterocycles. The van der Waals surface area contributed by atoms with Crippen LogP contribution < -0.4 is 4.74 Å². The van der Waals surface area contributed by atoms with Crippen molar-refractivity contribution in [2.45, 2.75) is 6.61 Å². The monoisotopic (exact) mass is 192 g/mol. The van der Waals surface area contributed by atoms with Gasteiger partial charge in [0.15, 0.2) is 5.75 Å². The molecule has 0 bridgehead atoms. The van der Waals surface area contributed by atoms with Crippen LogP contribution in [0.15, 0.2) is 24.8 Å². The number of aryl methyl sites for hydroxylation is 2. The Hall–Kier alpha value is -1.78. The maximum Gasteiger partial charge on any atom is 0.157 e. The normalized spacial score (nSPS) is 10.4. The number of ether oxygens (including phenoxy) is 1. The zero-order valence-electron chi connectivity index (χ0n) is 8.21. The molecule has 0 aliphatic rings. The minimum atomic E-state index is 0.527. The fraction of sp³-hybridized carbons (Fsp3) is 0.333. The van der Waals surface area contributed by atoms with Gasteiger partial charge in [-0.25, -0.2) is 0 Å². The third-order valence-corrected chi connectivity index (χ3v) is 1.85. The number of aromatic nitrogens is 4. The Labute approximate surface area is 81.9 Å². The Morgan fingerprint density at radius 1 is 1.14 bits per heavy atom. The van der Waals surface area contributed by atoms with Gasteiger partial charge in [0, 0.05) is 25.9 Å². The lowest BCUT2D eigenvalue weighted by molar-refractivity contribution is 0.306. The maximum atomic E-state index is 5.49. The molecule has 0 radical (unpaired) electrons. The topological polar surface area (TPSA) is 44.9 Å². The van der Waals surface area contributed by atoms with Crippen LogP contribution in [-0.4, -0.2) is 19.6 Å². The number of nitrogens with zero attached hydrogens (tertiary/aromatic N) is 4. The van der Waals surface area contributed by atoms with E-state index in [9.17, 15) is 0 Å². The molecule has 2 aromatic heterocycles. The molecule has 0 amide bonds. The van der Waals surface area contributed by atoms with Crippen molar-refractivity contribution in [3.8, 4) is 5.75 Å². The van der Waals surface area contributed by atoms with E-state index < -0.39 is 0 Å². The largest absolute Gasteiger partial charge is 0.485 e. The summed E-state index contributed by atoms with van der Waals surface area (Å²) in [6.07, 6.45) is 7.24. The first-order chi connectivity index (χ1) is 6.74. The third-order valence-electron chi connectivity index (χ3n) is 1.85. The molecule has 74 valence electrons.